The monoisotopic (exact) mass is 198 g/mol. The maximum absolute atomic E-state index is 10.7. The van der Waals surface area contributed by atoms with Crippen LogP contribution in [0.15, 0.2) is 12.1 Å². The summed E-state index contributed by atoms with van der Waals surface area (Å²) in [4.78, 5) is 13.3. The van der Waals surface area contributed by atoms with Crippen molar-refractivity contribution >= 4 is 29.1 Å². The molecule has 0 aromatic carbocycles. The average Bonchev–Trinajstić information content (AvgIpc) is 2.04. The van der Waals surface area contributed by atoms with Gasteiger partial charge in [0.05, 0.1) is 5.56 Å². The molecule has 1 aromatic heterocycles. The van der Waals surface area contributed by atoms with E-state index >= 15 is 0 Å². The molecule has 0 spiro atoms. The van der Waals surface area contributed by atoms with Crippen molar-refractivity contribution in [1.82, 2.24) is 4.98 Å². The van der Waals surface area contributed by atoms with Gasteiger partial charge in [0, 0.05) is 0 Å². The van der Waals surface area contributed by atoms with Crippen molar-refractivity contribution in [3.8, 4) is 6.07 Å². The first-order valence-corrected chi connectivity index (χ1v) is 3.77. The average molecular weight is 199 g/mol. The lowest BCUT2D eigenvalue weighted by Crippen LogP contribution is -1.98. The molecule has 0 aliphatic heterocycles. The third-order valence-electron chi connectivity index (χ3n) is 1.24. The maximum atomic E-state index is 10.7. The summed E-state index contributed by atoms with van der Waals surface area (Å²) in [7, 11) is 0. The summed E-state index contributed by atoms with van der Waals surface area (Å²) < 4.78 is 0.373. The van der Waals surface area contributed by atoms with Crippen LogP contribution in [0.4, 0.5) is 0 Å². The fourth-order valence-corrected chi connectivity index (χ4v) is 1.04. The molecule has 0 bridgehead atoms. The van der Waals surface area contributed by atoms with Crippen molar-refractivity contribution < 1.29 is 4.79 Å². The van der Waals surface area contributed by atoms with Gasteiger partial charge in [-0.25, -0.2) is 0 Å². The van der Waals surface area contributed by atoms with Gasteiger partial charge in [0.2, 0.25) is 0 Å². The van der Waals surface area contributed by atoms with Crippen molar-refractivity contribution in [2.45, 2.75) is 0 Å². The normalized spacial score (nSPS) is 9.00. The zero-order valence-electron chi connectivity index (χ0n) is 5.80. The lowest BCUT2D eigenvalue weighted by atomic mass is 10.2. The van der Waals surface area contributed by atoms with Gasteiger partial charge in [-0.15, -0.1) is 0 Å². The first-order chi connectivity index (χ1) is 5.65. The minimum absolute atomic E-state index is 0.0478. The Hall–Kier alpha value is -1.18. The van der Waals surface area contributed by atoms with E-state index in [0.29, 0.717) is 4.64 Å². The highest BCUT2D eigenvalue weighted by Crippen LogP contribution is 2.07. The van der Waals surface area contributed by atoms with E-state index in [1.807, 2.05) is 6.07 Å². The second-order valence-electron chi connectivity index (χ2n) is 2.00. The maximum Gasteiger partial charge on any atom is 0.270 e. The summed E-state index contributed by atoms with van der Waals surface area (Å²) in [6, 6.07) is 4.80. The van der Waals surface area contributed by atoms with E-state index in [-0.39, 0.29) is 11.3 Å². The third kappa shape index (κ3) is 1.70. The van der Waals surface area contributed by atoms with Crippen LogP contribution in [0.3, 0.4) is 0 Å². The first-order valence-electron chi connectivity index (χ1n) is 2.98. The molecule has 1 N–H and O–H groups in total. The molecular formula is C7H3ClN2OS. The molecule has 0 atom stereocenters. The smallest absolute Gasteiger partial charge is 0.270 e. The summed E-state index contributed by atoms with van der Waals surface area (Å²) >= 11 is 9.94. The molecule has 1 rings (SSSR count). The Morgan fingerprint density at radius 1 is 1.67 bits per heavy atom. The first kappa shape index (κ1) is 8.91. The Bertz CT molecular complexity index is 418. The number of nitrogens with zero attached hydrogens (tertiary/aromatic N) is 1. The quantitative estimate of drug-likeness (QED) is 0.555. The molecule has 0 amide bonds. The van der Waals surface area contributed by atoms with E-state index in [4.69, 9.17) is 29.1 Å². The molecule has 5 heteroatoms. The molecule has 1 heterocycles. The SMILES string of the molecule is N#Cc1ccc(=S)[nH]c1C(=O)Cl. The highest BCUT2D eigenvalue weighted by Gasteiger charge is 2.07. The molecule has 0 unspecified atom stereocenters. The van der Waals surface area contributed by atoms with E-state index in [1.165, 1.54) is 12.1 Å². The molecule has 60 valence electrons. The summed E-state index contributed by atoms with van der Waals surface area (Å²) in [6.45, 7) is 0. The van der Waals surface area contributed by atoms with Gasteiger partial charge < -0.3 is 4.98 Å². The van der Waals surface area contributed by atoms with Gasteiger partial charge in [-0.05, 0) is 23.7 Å². The van der Waals surface area contributed by atoms with Crippen LogP contribution in [0.1, 0.15) is 16.1 Å². The van der Waals surface area contributed by atoms with Gasteiger partial charge in [-0.2, -0.15) is 5.26 Å². The minimum Gasteiger partial charge on any atom is -0.342 e. The third-order valence-corrected chi connectivity index (χ3v) is 1.66. The second kappa shape index (κ2) is 3.48. The van der Waals surface area contributed by atoms with Crippen molar-refractivity contribution in [2.24, 2.45) is 0 Å². The van der Waals surface area contributed by atoms with Crippen LogP contribution in [0, 0.1) is 16.0 Å². The van der Waals surface area contributed by atoms with Gasteiger partial charge in [-0.3, -0.25) is 4.79 Å². The van der Waals surface area contributed by atoms with Crippen molar-refractivity contribution in [3.05, 3.63) is 28.0 Å². The molecule has 0 saturated heterocycles. The molecule has 0 fully saturated rings. The lowest BCUT2D eigenvalue weighted by Gasteiger charge is -1.95. The number of H-pyrrole nitrogens is 1. The largest absolute Gasteiger partial charge is 0.342 e. The molecule has 3 nitrogen and oxygen atoms in total. The number of halogens is 1. The van der Waals surface area contributed by atoms with Crippen LogP contribution >= 0.6 is 23.8 Å². The number of rotatable bonds is 1. The van der Waals surface area contributed by atoms with Crippen LogP contribution < -0.4 is 0 Å². The summed E-state index contributed by atoms with van der Waals surface area (Å²) in [5, 5.41) is 7.83. The molecular weight excluding hydrogens is 196 g/mol. The molecule has 0 radical (unpaired) electrons. The summed E-state index contributed by atoms with van der Waals surface area (Å²) in [5.41, 5.74) is 0.246. The van der Waals surface area contributed by atoms with Gasteiger partial charge >= 0.3 is 0 Å². The summed E-state index contributed by atoms with van der Waals surface area (Å²) in [6.07, 6.45) is 0. The lowest BCUT2D eigenvalue weighted by molar-refractivity contribution is 0.107. The van der Waals surface area contributed by atoms with E-state index in [9.17, 15) is 4.79 Å². The number of nitriles is 1. The Morgan fingerprint density at radius 3 is 2.83 bits per heavy atom. The topological polar surface area (TPSA) is 56.6 Å². The second-order valence-corrected chi connectivity index (χ2v) is 2.78. The number of hydrogen-bond donors (Lipinski definition) is 1. The van der Waals surface area contributed by atoms with Crippen LogP contribution in [0.25, 0.3) is 0 Å². The van der Waals surface area contributed by atoms with Crippen LogP contribution in [-0.4, -0.2) is 10.2 Å². The van der Waals surface area contributed by atoms with E-state index in [2.05, 4.69) is 4.98 Å². The fourth-order valence-electron chi connectivity index (χ4n) is 0.723. The van der Waals surface area contributed by atoms with Crippen LogP contribution in [0.2, 0.25) is 0 Å². The number of hydrogen-bond acceptors (Lipinski definition) is 3. The number of pyridine rings is 1. The Balaban J connectivity index is 3.44. The van der Waals surface area contributed by atoms with Gasteiger partial charge in [-0.1, -0.05) is 12.2 Å². The van der Waals surface area contributed by atoms with Crippen molar-refractivity contribution in [1.29, 1.82) is 5.26 Å². The van der Waals surface area contributed by atoms with E-state index < -0.39 is 5.24 Å². The van der Waals surface area contributed by atoms with Crippen LogP contribution in [-0.2, 0) is 0 Å². The molecule has 0 aliphatic carbocycles. The highest BCUT2D eigenvalue weighted by atomic mass is 35.5. The van der Waals surface area contributed by atoms with E-state index in [1.54, 1.807) is 0 Å². The predicted molar refractivity (Wildman–Crippen MR) is 46.5 cm³/mol. The zero-order valence-corrected chi connectivity index (χ0v) is 7.37. The van der Waals surface area contributed by atoms with Gasteiger partial charge in [0.15, 0.2) is 0 Å². The summed E-state index contributed by atoms with van der Waals surface area (Å²) in [5.74, 6) is 0. The zero-order chi connectivity index (χ0) is 9.14. The molecule has 1 aromatic rings. The van der Waals surface area contributed by atoms with Gasteiger partial charge in [0.1, 0.15) is 16.4 Å². The highest BCUT2D eigenvalue weighted by molar-refractivity contribution is 7.71. The Morgan fingerprint density at radius 2 is 2.33 bits per heavy atom. The predicted octanol–water partition coefficient (Wildman–Crippen LogP) is 1.99. The van der Waals surface area contributed by atoms with Gasteiger partial charge in [0.25, 0.3) is 5.24 Å². The Kier molecular flexibility index (Phi) is 2.58. The number of aromatic amines is 1. The van der Waals surface area contributed by atoms with Crippen molar-refractivity contribution in [2.75, 3.05) is 0 Å². The van der Waals surface area contributed by atoms with Crippen LogP contribution in [0.5, 0.6) is 0 Å². The number of nitrogens with one attached hydrogen (secondary N) is 1. The Labute approximate surface area is 78.6 Å². The standard InChI is InChI=1S/C7H3ClN2OS/c8-7(11)6-4(3-9)1-2-5(12)10-6/h1-2H,(H,10,12). The minimum atomic E-state index is -0.710. The number of aromatic nitrogens is 1. The number of carbonyl (C=O) groups excluding carboxylic acids is 1. The number of carbonyl (C=O) groups is 1. The fraction of sp³-hybridized carbons (Fsp3) is 0. The molecule has 0 saturated carbocycles. The molecule has 12 heavy (non-hydrogen) atoms. The van der Waals surface area contributed by atoms with E-state index in [0.717, 1.165) is 0 Å². The molecule has 0 aliphatic rings. The van der Waals surface area contributed by atoms with Crippen molar-refractivity contribution in [3.63, 3.8) is 0 Å².